The van der Waals surface area contributed by atoms with Crippen LogP contribution < -0.4 is 9.47 Å². The second-order valence-electron chi connectivity index (χ2n) is 10.9. The monoisotopic (exact) mass is 460 g/mol. The van der Waals surface area contributed by atoms with Gasteiger partial charge in [-0.3, -0.25) is 0 Å². The zero-order valence-corrected chi connectivity index (χ0v) is 20.6. The Kier molecular flexibility index (Phi) is 8.71. The third kappa shape index (κ3) is 6.31. The number of aryl methyl sites for hydroxylation is 1. The molecule has 0 bridgehead atoms. The summed E-state index contributed by atoms with van der Waals surface area (Å²) in [6.45, 7) is 4.86. The molecule has 0 aliphatic heterocycles. The lowest BCUT2D eigenvalue weighted by molar-refractivity contribution is 0.184. The maximum absolute atomic E-state index is 14.8. The van der Waals surface area contributed by atoms with Crippen molar-refractivity contribution < 1.29 is 18.3 Å². The zero-order chi connectivity index (χ0) is 23.2. The summed E-state index contributed by atoms with van der Waals surface area (Å²) in [5.74, 6) is 1.24. The molecule has 1 unspecified atom stereocenters. The third-order valence-electron chi connectivity index (χ3n) is 8.47. The molecule has 1 aromatic carbocycles. The SMILES string of the molecule is CCCC1CCC(C2CC=C(COc3c(C)cc(OCC4CCCC4)c(F)c3F)CC2)CC1. The first-order valence-electron chi connectivity index (χ1n) is 13.5. The minimum Gasteiger partial charge on any atom is -0.490 e. The molecule has 3 aliphatic carbocycles. The van der Waals surface area contributed by atoms with Crippen molar-refractivity contribution in [3.8, 4) is 11.5 Å². The van der Waals surface area contributed by atoms with Gasteiger partial charge in [0.2, 0.25) is 11.6 Å². The molecule has 0 saturated heterocycles. The Bertz CT molecular complexity index is 804. The molecule has 3 aliphatic rings. The number of halogens is 2. The predicted molar refractivity (Wildman–Crippen MR) is 130 cm³/mol. The van der Waals surface area contributed by atoms with E-state index in [2.05, 4.69) is 13.0 Å². The van der Waals surface area contributed by atoms with E-state index in [4.69, 9.17) is 9.47 Å². The molecule has 2 fully saturated rings. The van der Waals surface area contributed by atoms with Crippen LogP contribution in [0.5, 0.6) is 11.5 Å². The average Bonchev–Trinajstić information content (AvgIpc) is 3.35. The molecular weight excluding hydrogens is 418 g/mol. The largest absolute Gasteiger partial charge is 0.490 e. The van der Waals surface area contributed by atoms with Crippen molar-refractivity contribution in [3.63, 3.8) is 0 Å². The van der Waals surface area contributed by atoms with E-state index in [1.807, 2.05) is 0 Å². The van der Waals surface area contributed by atoms with Crippen LogP contribution in [0.15, 0.2) is 17.7 Å². The fraction of sp³-hybridized carbons (Fsp3) is 0.724. The first-order chi connectivity index (χ1) is 16.0. The first-order valence-corrected chi connectivity index (χ1v) is 13.5. The second kappa shape index (κ2) is 11.7. The van der Waals surface area contributed by atoms with E-state index in [1.165, 1.54) is 63.4 Å². The van der Waals surface area contributed by atoms with Gasteiger partial charge < -0.3 is 9.47 Å². The minimum atomic E-state index is -0.926. The van der Waals surface area contributed by atoms with E-state index in [0.717, 1.165) is 43.4 Å². The molecule has 0 N–H and O–H groups in total. The van der Waals surface area contributed by atoms with Gasteiger partial charge in [0.15, 0.2) is 11.5 Å². The highest BCUT2D eigenvalue weighted by molar-refractivity contribution is 5.42. The van der Waals surface area contributed by atoms with Crippen molar-refractivity contribution in [2.45, 2.75) is 97.3 Å². The summed E-state index contributed by atoms with van der Waals surface area (Å²) >= 11 is 0. The maximum atomic E-state index is 14.8. The molecule has 2 nitrogen and oxygen atoms in total. The highest BCUT2D eigenvalue weighted by atomic mass is 19.2. The Morgan fingerprint density at radius 1 is 0.879 bits per heavy atom. The lowest BCUT2D eigenvalue weighted by Gasteiger charge is -2.35. The van der Waals surface area contributed by atoms with Gasteiger partial charge in [0.1, 0.15) is 6.61 Å². The molecule has 0 heterocycles. The van der Waals surface area contributed by atoms with Crippen LogP contribution in [0.4, 0.5) is 8.78 Å². The van der Waals surface area contributed by atoms with E-state index in [-0.39, 0.29) is 11.5 Å². The minimum absolute atomic E-state index is 0.0117. The van der Waals surface area contributed by atoms with Crippen LogP contribution in [-0.4, -0.2) is 13.2 Å². The van der Waals surface area contributed by atoms with Crippen LogP contribution in [0.1, 0.15) is 96.0 Å². The molecule has 0 spiro atoms. The molecule has 0 aromatic heterocycles. The predicted octanol–water partition coefficient (Wildman–Crippen LogP) is 8.55. The zero-order valence-electron chi connectivity index (χ0n) is 20.6. The van der Waals surface area contributed by atoms with Crippen molar-refractivity contribution in [3.05, 3.63) is 34.9 Å². The van der Waals surface area contributed by atoms with Crippen LogP contribution in [-0.2, 0) is 0 Å². The van der Waals surface area contributed by atoms with Crippen LogP contribution >= 0.6 is 0 Å². The summed E-state index contributed by atoms with van der Waals surface area (Å²) in [6, 6.07) is 1.59. The lowest BCUT2D eigenvalue weighted by Crippen LogP contribution is -2.24. The normalized spacial score (nSPS) is 26.3. The molecule has 1 aromatic rings. The van der Waals surface area contributed by atoms with Crippen LogP contribution in [0.2, 0.25) is 0 Å². The summed E-state index contributed by atoms with van der Waals surface area (Å²) in [4.78, 5) is 0. The van der Waals surface area contributed by atoms with Gasteiger partial charge >= 0.3 is 0 Å². The highest BCUT2D eigenvalue weighted by Crippen LogP contribution is 2.41. The summed E-state index contributed by atoms with van der Waals surface area (Å²) in [5.41, 5.74) is 1.81. The Hall–Kier alpha value is -1.58. The summed E-state index contributed by atoms with van der Waals surface area (Å²) in [7, 11) is 0. The number of benzene rings is 1. The van der Waals surface area contributed by atoms with Crippen molar-refractivity contribution in [2.24, 2.45) is 23.7 Å². The number of hydrogen-bond donors (Lipinski definition) is 0. The Balaban J connectivity index is 1.28. The Morgan fingerprint density at radius 2 is 1.64 bits per heavy atom. The van der Waals surface area contributed by atoms with Crippen LogP contribution in [0, 0.1) is 42.2 Å². The fourth-order valence-corrected chi connectivity index (χ4v) is 6.36. The lowest BCUT2D eigenvalue weighted by atomic mass is 9.71. The smallest absolute Gasteiger partial charge is 0.204 e. The van der Waals surface area contributed by atoms with Crippen LogP contribution in [0.25, 0.3) is 0 Å². The standard InChI is InChI=1S/C29H42F2O2/c1-3-6-21-9-13-24(14-10-21)25-15-11-23(12-16-25)19-33-29-20(2)17-26(27(30)28(29)31)32-18-22-7-4-5-8-22/h11,17,21-22,24-25H,3-10,12-16,18-19H2,1-2H3. The highest BCUT2D eigenvalue weighted by Gasteiger charge is 2.29. The van der Waals surface area contributed by atoms with E-state index in [1.54, 1.807) is 13.0 Å². The van der Waals surface area contributed by atoms with E-state index in [9.17, 15) is 8.78 Å². The molecule has 4 heteroatoms. The van der Waals surface area contributed by atoms with Gasteiger partial charge in [0.05, 0.1) is 6.61 Å². The van der Waals surface area contributed by atoms with Crippen molar-refractivity contribution in [1.29, 1.82) is 0 Å². The molecule has 0 radical (unpaired) electrons. The van der Waals surface area contributed by atoms with Crippen molar-refractivity contribution in [1.82, 2.24) is 0 Å². The Labute approximate surface area is 199 Å². The molecule has 1 atom stereocenters. The second-order valence-corrected chi connectivity index (χ2v) is 10.9. The van der Waals surface area contributed by atoms with E-state index in [0.29, 0.717) is 24.7 Å². The van der Waals surface area contributed by atoms with Gasteiger partial charge in [-0.25, -0.2) is 0 Å². The van der Waals surface area contributed by atoms with Crippen molar-refractivity contribution in [2.75, 3.05) is 13.2 Å². The van der Waals surface area contributed by atoms with Gasteiger partial charge in [-0.15, -0.1) is 0 Å². The molecule has 0 amide bonds. The molecular formula is C29H42F2O2. The molecule has 2 saturated carbocycles. The molecule has 4 rings (SSSR count). The maximum Gasteiger partial charge on any atom is 0.204 e. The van der Waals surface area contributed by atoms with Gasteiger partial charge in [-0.05, 0) is 92.7 Å². The fourth-order valence-electron chi connectivity index (χ4n) is 6.36. The van der Waals surface area contributed by atoms with Crippen molar-refractivity contribution >= 4 is 0 Å². The first kappa shape index (κ1) is 24.5. The van der Waals surface area contributed by atoms with E-state index >= 15 is 0 Å². The molecule has 33 heavy (non-hydrogen) atoms. The van der Waals surface area contributed by atoms with Crippen LogP contribution in [0.3, 0.4) is 0 Å². The number of ether oxygens (including phenoxy) is 2. The number of hydrogen-bond acceptors (Lipinski definition) is 2. The Morgan fingerprint density at radius 3 is 2.30 bits per heavy atom. The summed E-state index contributed by atoms with van der Waals surface area (Å²) in [6.07, 6.45) is 18.5. The number of rotatable bonds is 9. The van der Waals surface area contributed by atoms with E-state index < -0.39 is 11.6 Å². The average molecular weight is 461 g/mol. The van der Waals surface area contributed by atoms with Gasteiger partial charge in [0.25, 0.3) is 0 Å². The molecule has 184 valence electrons. The quantitative estimate of drug-likeness (QED) is 0.344. The summed E-state index contributed by atoms with van der Waals surface area (Å²) in [5, 5.41) is 0. The van der Waals surface area contributed by atoms with Gasteiger partial charge in [-0.1, -0.05) is 51.5 Å². The third-order valence-corrected chi connectivity index (χ3v) is 8.47. The number of allylic oxidation sites excluding steroid dienone is 1. The van der Waals surface area contributed by atoms with Gasteiger partial charge in [-0.2, -0.15) is 8.78 Å². The summed E-state index contributed by atoms with van der Waals surface area (Å²) < 4.78 is 40.8. The van der Waals surface area contributed by atoms with Gasteiger partial charge in [0, 0.05) is 0 Å². The topological polar surface area (TPSA) is 18.5 Å².